The lowest BCUT2D eigenvalue weighted by Crippen LogP contribution is -1.99. The van der Waals surface area contributed by atoms with Crippen LogP contribution in [0.25, 0.3) is 10.9 Å². The van der Waals surface area contributed by atoms with Crippen LogP contribution in [0, 0.1) is 4.64 Å². The second kappa shape index (κ2) is 4.02. The molecule has 2 aromatic rings. The largest absolute Gasteiger partial charge is 0.478 e. The quantitative estimate of drug-likeness (QED) is 0.784. The van der Waals surface area contributed by atoms with Crippen LogP contribution < -0.4 is 0 Å². The molecule has 0 saturated heterocycles. The maximum atomic E-state index is 10.8. The van der Waals surface area contributed by atoms with Crippen molar-refractivity contribution in [3.8, 4) is 0 Å². The Morgan fingerprint density at radius 2 is 2.31 bits per heavy atom. The van der Waals surface area contributed by atoms with Crippen molar-refractivity contribution < 1.29 is 9.90 Å². The monoisotopic (exact) mass is 234 g/mol. The molecule has 2 rings (SSSR count). The van der Waals surface area contributed by atoms with Crippen LogP contribution in [0.1, 0.15) is 23.1 Å². The molecule has 0 atom stereocenters. The first-order valence-electron chi connectivity index (χ1n) is 4.88. The first-order chi connectivity index (χ1) is 7.61. The van der Waals surface area contributed by atoms with E-state index in [0.717, 1.165) is 23.1 Å². The van der Waals surface area contributed by atoms with Gasteiger partial charge in [0, 0.05) is 11.8 Å². The van der Waals surface area contributed by atoms with Crippen LogP contribution in [0.3, 0.4) is 0 Å². The number of nitrogens with zero attached hydrogens (tertiary/aromatic N) is 1. The van der Waals surface area contributed by atoms with E-state index in [1.165, 1.54) is 6.07 Å². The van der Waals surface area contributed by atoms with Crippen LogP contribution in [0.15, 0.2) is 18.2 Å². The Bertz CT molecular complexity index is 619. The zero-order chi connectivity index (χ0) is 11.7. The first kappa shape index (κ1) is 10.8. The van der Waals surface area contributed by atoms with Gasteiger partial charge in [-0.25, -0.2) is 9.78 Å². The molecule has 0 aliphatic carbocycles. The van der Waals surface area contributed by atoms with Gasteiger partial charge < -0.3 is 10.1 Å². The minimum Gasteiger partial charge on any atom is -0.478 e. The van der Waals surface area contributed by atoms with Crippen molar-refractivity contribution in [2.24, 2.45) is 0 Å². The minimum absolute atomic E-state index is 0.242. The van der Waals surface area contributed by atoms with E-state index in [9.17, 15) is 4.79 Å². The molecule has 0 fully saturated rings. The third-order valence-corrected chi connectivity index (χ3v) is 2.66. The van der Waals surface area contributed by atoms with E-state index in [1.54, 1.807) is 12.1 Å². The molecule has 2 N–H and O–H groups in total. The zero-order valence-corrected chi connectivity index (χ0v) is 9.47. The van der Waals surface area contributed by atoms with E-state index in [0.29, 0.717) is 4.64 Å². The van der Waals surface area contributed by atoms with Gasteiger partial charge in [-0.1, -0.05) is 19.1 Å². The predicted molar refractivity (Wildman–Crippen MR) is 63.3 cm³/mol. The SMILES string of the molecule is CCc1nc(=S)c2ccc(C(=O)O)cc2[nH]1. The fraction of sp³-hybridized carbons (Fsp3) is 0.182. The summed E-state index contributed by atoms with van der Waals surface area (Å²) in [5.74, 6) is -0.184. The summed E-state index contributed by atoms with van der Waals surface area (Å²) in [6, 6.07) is 4.79. The molecule has 0 saturated carbocycles. The van der Waals surface area contributed by atoms with Crippen molar-refractivity contribution in [2.45, 2.75) is 13.3 Å². The number of nitrogens with one attached hydrogen (secondary N) is 1. The topological polar surface area (TPSA) is 66.0 Å². The van der Waals surface area contributed by atoms with Crippen molar-refractivity contribution in [1.29, 1.82) is 0 Å². The predicted octanol–water partition coefficient (Wildman–Crippen LogP) is 2.55. The summed E-state index contributed by atoms with van der Waals surface area (Å²) < 4.78 is 0.502. The highest BCUT2D eigenvalue weighted by atomic mass is 32.1. The molecule has 0 radical (unpaired) electrons. The van der Waals surface area contributed by atoms with Crippen molar-refractivity contribution in [3.63, 3.8) is 0 Å². The van der Waals surface area contributed by atoms with Crippen molar-refractivity contribution >= 4 is 29.1 Å². The number of aromatic nitrogens is 2. The second-order valence-corrected chi connectivity index (χ2v) is 3.79. The van der Waals surface area contributed by atoms with Gasteiger partial charge in [0.25, 0.3) is 0 Å². The van der Waals surface area contributed by atoms with Crippen LogP contribution >= 0.6 is 12.2 Å². The number of rotatable bonds is 2. The molecular formula is C11H10N2O2S. The van der Waals surface area contributed by atoms with Gasteiger partial charge in [0.1, 0.15) is 10.5 Å². The maximum absolute atomic E-state index is 10.8. The number of aromatic amines is 1. The molecule has 4 nitrogen and oxygen atoms in total. The Morgan fingerprint density at radius 3 is 2.94 bits per heavy atom. The lowest BCUT2D eigenvalue weighted by molar-refractivity contribution is 0.0697. The molecule has 16 heavy (non-hydrogen) atoms. The molecular weight excluding hydrogens is 224 g/mol. The number of carboxylic acids is 1. The Labute approximate surface area is 97.0 Å². The minimum atomic E-state index is -0.948. The number of aromatic carboxylic acids is 1. The van der Waals surface area contributed by atoms with E-state index in [1.807, 2.05) is 6.92 Å². The summed E-state index contributed by atoms with van der Waals surface area (Å²) in [6.07, 6.45) is 0.733. The molecule has 0 aliphatic rings. The lowest BCUT2D eigenvalue weighted by atomic mass is 10.1. The highest BCUT2D eigenvalue weighted by Gasteiger charge is 2.05. The molecule has 0 bridgehead atoms. The van der Waals surface area contributed by atoms with Gasteiger partial charge in [-0.05, 0) is 18.2 Å². The highest BCUT2D eigenvalue weighted by molar-refractivity contribution is 7.71. The summed E-state index contributed by atoms with van der Waals surface area (Å²) in [5.41, 5.74) is 0.961. The third kappa shape index (κ3) is 1.81. The van der Waals surface area contributed by atoms with Crippen molar-refractivity contribution in [3.05, 3.63) is 34.2 Å². The van der Waals surface area contributed by atoms with Crippen molar-refractivity contribution in [2.75, 3.05) is 0 Å². The van der Waals surface area contributed by atoms with Crippen LogP contribution in [0.2, 0.25) is 0 Å². The fourth-order valence-corrected chi connectivity index (χ4v) is 1.79. The second-order valence-electron chi connectivity index (χ2n) is 3.41. The summed E-state index contributed by atoms with van der Waals surface area (Å²) in [5, 5.41) is 9.66. The van der Waals surface area contributed by atoms with Gasteiger partial charge in [0.05, 0.1) is 11.1 Å². The van der Waals surface area contributed by atoms with Crippen LogP contribution in [-0.2, 0) is 6.42 Å². The maximum Gasteiger partial charge on any atom is 0.335 e. The molecule has 0 spiro atoms. The zero-order valence-electron chi connectivity index (χ0n) is 8.65. The molecule has 0 aliphatic heterocycles. The van der Waals surface area contributed by atoms with Gasteiger partial charge in [0.2, 0.25) is 0 Å². The Kier molecular flexibility index (Phi) is 2.70. The highest BCUT2D eigenvalue weighted by Crippen LogP contribution is 2.15. The summed E-state index contributed by atoms with van der Waals surface area (Å²) in [4.78, 5) is 18.1. The molecule has 1 aromatic carbocycles. The van der Waals surface area contributed by atoms with Gasteiger partial charge in [-0.15, -0.1) is 0 Å². The fourth-order valence-electron chi connectivity index (χ4n) is 1.50. The van der Waals surface area contributed by atoms with E-state index in [2.05, 4.69) is 9.97 Å². The van der Waals surface area contributed by atoms with Gasteiger partial charge in [-0.2, -0.15) is 0 Å². The molecule has 1 heterocycles. The number of carbonyl (C=O) groups is 1. The average molecular weight is 234 g/mol. The van der Waals surface area contributed by atoms with Gasteiger partial charge >= 0.3 is 5.97 Å². The van der Waals surface area contributed by atoms with E-state index < -0.39 is 5.97 Å². The molecule has 5 heteroatoms. The molecule has 82 valence electrons. The third-order valence-electron chi connectivity index (χ3n) is 2.35. The van der Waals surface area contributed by atoms with Crippen LogP contribution in [0.5, 0.6) is 0 Å². The molecule has 0 amide bonds. The summed E-state index contributed by atoms with van der Waals surface area (Å²) in [6.45, 7) is 1.96. The normalized spacial score (nSPS) is 10.6. The summed E-state index contributed by atoms with van der Waals surface area (Å²) in [7, 11) is 0. The Morgan fingerprint density at radius 1 is 1.56 bits per heavy atom. The number of aryl methyl sites for hydroxylation is 1. The van der Waals surface area contributed by atoms with Gasteiger partial charge in [-0.3, -0.25) is 0 Å². The molecule has 1 aromatic heterocycles. The number of H-pyrrole nitrogens is 1. The van der Waals surface area contributed by atoms with Gasteiger partial charge in [0.15, 0.2) is 0 Å². The van der Waals surface area contributed by atoms with E-state index in [-0.39, 0.29) is 5.56 Å². The Balaban J connectivity index is 2.76. The smallest absolute Gasteiger partial charge is 0.335 e. The van der Waals surface area contributed by atoms with E-state index in [4.69, 9.17) is 17.3 Å². The van der Waals surface area contributed by atoms with Crippen molar-refractivity contribution in [1.82, 2.24) is 9.97 Å². The average Bonchev–Trinajstić information content (AvgIpc) is 2.28. The summed E-state index contributed by atoms with van der Waals surface area (Å²) >= 11 is 5.14. The lowest BCUT2D eigenvalue weighted by Gasteiger charge is -2.03. The van der Waals surface area contributed by atoms with E-state index >= 15 is 0 Å². The number of fused-ring (bicyclic) bond motifs is 1. The standard InChI is InChI=1S/C11H10N2O2S/c1-2-9-12-8-5-6(11(14)15)3-4-7(8)10(16)13-9/h3-5H,2H2,1H3,(H,14,15)(H,12,13,16). The number of hydrogen-bond donors (Lipinski definition) is 2. The first-order valence-corrected chi connectivity index (χ1v) is 5.29. The number of benzene rings is 1. The van der Waals surface area contributed by atoms with Crippen LogP contribution in [-0.4, -0.2) is 21.0 Å². The molecule has 0 unspecified atom stereocenters. The van der Waals surface area contributed by atoms with Crippen LogP contribution in [0.4, 0.5) is 0 Å². The number of hydrogen-bond acceptors (Lipinski definition) is 3. The number of carboxylic acid groups (broad SMARTS) is 1. The Hall–Kier alpha value is -1.75.